The highest BCUT2D eigenvalue weighted by molar-refractivity contribution is 5.90. The third-order valence-electron chi connectivity index (χ3n) is 3.31. The van der Waals surface area contributed by atoms with Gasteiger partial charge in [-0.2, -0.15) is 0 Å². The van der Waals surface area contributed by atoms with Crippen LogP contribution in [0.2, 0.25) is 0 Å². The lowest BCUT2D eigenvalue weighted by molar-refractivity contribution is -0.139. The van der Waals surface area contributed by atoms with E-state index >= 15 is 0 Å². The lowest BCUT2D eigenvalue weighted by Gasteiger charge is -2.25. The van der Waals surface area contributed by atoms with Gasteiger partial charge in [0.1, 0.15) is 6.04 Å². The van der Waals surface area contributed by atoms with Crippen molar-refractivity contribution in [2.24, 2.45) is 5.73 Å². The molecule has 0 bridgehead atoms. The molecule has 1 rings (SSSR count). The van der Waals surface area contributed by atoms with Crippen LogP contribution in [0.3, 0.4) is 0 Å². The minimum absolute atomic E-state index is 0.0300. The summed E-state index contributed by atoms with van der Waals surface area (Å²) in [6, 6.07) is -0.844. The number of rotatable bonds is 6. The highest BCUT2D eigenvalue weighted by atomic mass is 16.2. The maximum atomic E-state index is 12.0. The third-order valence-corrected chi connectivity index (χ3v) is 3.31. The molecule has 1 saturated heterocycles. The normalized spacial score (nSPS) is 20.8. The van der Waals surface area contributed by atoms with Crippen molar-refractivity contribution >= 4 is 11.8 Å². The molecule has 0 aliphatic carbocycles. The van der Waals surface area contributed by atoms with Gasteiger partial charge in [0.05, 0.1) is 6.04 Å². The molecule has 0 radical (unpaired) electrons. The summed E-state index contributed by atoms with van der Waals surface area (Å²) < 4.78 is 0. The second-order valence-corrected chi connectivity index (χ2v) is 4.98. The van der Waals surface area contributed by atoms with Gasteiger partial charge in [-0.15, -0.1) is 0 Å². The smallest absolute Gasteiger partial charge is 0.242 e. The van der Waals surface area contributed by atoms with E-state index in [-0.39, 0.29) is 17.9 Å². The van der Waals surface area contributed by atoms with Crippen LogP contribution in [0.5, 0.6) is 0 Å². The molecule has 0 aromatic heterocycles. The lowest BCUT2D eigenvalue weighted by atomic mass is 10.2. The number of carbonyl (C=O) groups excluding carboxylic acids is 2. The number of nitrogens with one attached hydrogen (secondary N) is 1. The topological polar surface area (TPSA) is 75.4 Å². The minimum atomic E-state index is -0.529. The molecule has 2 atom stereocenters. The fraction of sp³-hybridized carbons (Fsp3) is 0.846. The Kier molecular flexibility index (Phi) is 6.12. The Morgan fingerprint density at radius 2 is 2.17 bits per heavy atom. The number of nitrogens with two attached hydrogens (primary N) is 1. The van der Waals surface area contributed by atoms with Gasteiger partial charge in [-0.05, 0) is 26.2 Å². The highest BCUT2D eigenvalue weighted by Crippen LogP contribution is 2.18. The van der Waals surface area contributed by atoms with E-state index in [1.54, 1.807) is 11.8 Å². The van der Waals surface area contributed by atoms with Gasteiger partial charge in [-0.25, -0.2) is 0 Å². The Hall–Kier alpha value is -1.10. The molecular weight excluding hydrogens is 230 g/mol. The molecule has 0 saturated carbocycles. The van der Waals surface area contributed by atoms with Gasteiger partial charge in [-0.1, -0.05) is 19.8 Å². The molecule has 1 aliphatic rings. The molecule has 0 aromatic rings. The fourth-order valence-corrected chi connectivity index (χ4v) is 2.27. The van der Waals surface area contributed by atoms with Crippen molar-refractivity contribution in [1.82, 2.24) is 10.2 Å². The molecule has 2 amide bonds. The molecule has 104 valence electrons. The summed E-state index contributed by atoms with van der Waals surface area (Å²) in [5, 5.41) is 2.91. The average Bonchev–Trinajstić information content (AvgIpc) is 2.82. The Morgan fingerprint density at radius 3 is 2.78 bits per heavy atom. The molecule has 0 spiro atoms. The molecular formula is C13H25N3O2. The van der Waals surface area contributed by atoms with E-state index in [1.165, 1.54) is 0 Å². The van der Waals surface area contributed by atoms with E-state index in [1.807, 2.05) is 0 Å². The molecule has 0 unspecified atom stereocenters. The zero-order valence-electron chi connectivity index (χ0n) is 11.4. The number of carbonyl (C=O) groups is 2. The fourth-order valence-electron chi connectivity index (χ4n) is 2.27. The zero-order chi connectivity index (χ0) is 13.5. The number of likely N-dealkylation sites (tertiary alicyclic amines) is 1. The summed E-state index contributed by atoms with van der Waals surface area (Å²) in [5.41, 5.74) is 5.59. The van der Waals surface area contributed by atoms with Gasteiger partial charge in [0.15, 0.2) is 0 Å². The van der Waals surface area contributed by atoms with E-state index in [2.05, 4.69) is 12.2 Å². The first-order chi connectivity index (χ1) is 8.57. The van der Waals surface area contributed by atoms with E-state index in [9.17, 15) is 9.59 Å². The Bertz CT molecular complexity index is 292. The first-order valence-electron chi connectivity index (χ1n) is 6.91. The maximum absolute atomic E-state index is 12.0. The molecule has 1 aliphatic heterocycles. The average molecular weight is 255 g/mol. The third kappa shape index (κ3) is 3.98. The summed E-state index contributed by atoms with van der Waals surface area (Å²) in [7, 11) is 0. The van der Waals surface area contributed by atoms with Gasteiger partial charge in [0, 0.05) is 13.1 Å². The van der Waals surface area contributed by atoms with Crippen LogP contribution in [0.25, 0.3) is 0 Å². The molecule has 1 fully saturated rings. The summed E-state index contributed by atoms with van der Waals surface area (Å²) >= 11 is 0. The van der Waals surface area contributed by atoms with Gasteiger partial charge >= 0.3 is 0 Å². The molecule has 18 heavy (non-hydrogen) atoms. The maximum Gasteiger partial charge on any atom is 0.242 e. The van der Waals surface area contributed by atoms with Crippen LogP contribution in [0, 0.1) is 0 Å². The molecule has 5 heteroatoms. The molecule has 3 N–H and O–H groups in total. The quantitative estimate of drug-likeness (QED) is 0.684. The molecule has 1 heterocycles. The second kappa shape index (κ2) is 7.36. The van der Waals surface area contributed by atoms with Crippen LogP contribution in [0.15, 0.2) is 0 Å². The van der Waals surface area contributed by atoms with E-state index in [0.29, 0.717) is 13.1 Å². The number of hydrogen-bond acceptors (Lipinski definition) is 3. The van der Waals surface area contributed by atoms with Crippen LogP contribution in [0.4, 0.5) is 0 Å². The predicted octanol–water partition coefficient (Wildman–Crippen LogP) is 0.631. The number of unbranched alkanes of at least 4 members (excludes halogenated alkanes) is 2. The summed E-state index contributed by atoms with van der Waals surface area (Å²) in [6.45, 7) is 5.13. The molecule has 5 nitrogen and oxygen atoms in total. The van der Waals surface area contributed by atoms with Crippen LogP contribution in [0.1, 0.15) is 46.0 Å². The first-order valence-corrected chi connectivity index (χ1v) is 6.91. The van der Waals surface area contributed by atoms with E-state index in [4.69, 9.17) is 5.73 Å². The van der Waals surface area contributed by atoms with Gasteiger partial charge < -0.3 is 16.0 Å². The Morgan fingerprint density at radius 1 is 1.44 bits per heavy atom. The Labute approximate surface area is 109 Å². The van der Waals surface area contributed by atoms with Crippen molar-refractivity contribution in [2.45, 2.75) is 58.0 Å². The van der Waals surface area contributed by atoms with Crippen molar-refractivity contribution in [3.05, 3.63) is 0 Å². The van der Waals surface area contributed by atoms with Crippen molar-refractivity contribution in [3.63, 3.8) is 0 Å². The second-order valence-electron chi connectivity index (χ2n) is 4.98. The van der Waals surface area contributed by atoms with Crippen LogP contribution >= 0.6 is 0 Å². The Balaban J connectivity index is 2.43. The summed E-state index contributed by atoms with van der Waals surface area (Å²) in [6.07, 6.45) is 4.88. The van der Waals surface area contributed by atoms with Crippen molar-refractivity contribution in [3.8, 4) is 0 Å². The number of nitrogens with zero attached hydrogens (tertiary/aromatic N) is 1. The first kappa shape index (κ1) is 15.0. The van der Waals surface area contributed by atoms with Crippen molar-refractivity contribution in [1.29, 1.82) is 0 Å². The standard InChI is InChI=1S/C13H25N3O2/c1-3-4-5-8-15-12(17)11-7-6-9-16(11)13(18)10(2)14/h10-11H,3-9,14H2,1-2H3,(H,15,17)/t10-,11-/m0/s1. The van der Waals surface area contributed by atoms with Crippen LogP contribution in [-0.2, 0) is 9.59 Å². The zero-order valence-corrected chi connectivity index (χ0v) is 11.4. The monoisotopic (exact) mass is 255 g/mol. The van der Waals surface area contributed by atoms with E-state index in [0.717, 1.165) is 32.1 Å². The van der Waals surface area contributed by atoms with Gasteiger partial charge in [0.25, 0.3) is 0 Å². The summed E-state index contributed by atoms with van der Waals surface area (Å²) in [5.74, 6) is -0.154. The SMILES string of the molecule is CCCCCNC(=O)[C@@H]1CCCN1C(=O)[C@H](C)N. The highest BCUT2D eigenvalue weighted by Gasteiger charge is 2.34. The lowest BCUT2D eigenvalue weighted by Crippen LogP contribution is -2.50. The molecule has 0 aromatic carbocycles. The minimum Gasteiger partial charge on any atom is -0.354 e. The van der Waals surface area contributed by atoms with Crippen LogP contribution in [-0.4, -0.2) is 41.9 Å². The summed E-state index contributed by atoms with van der Waals surface area (Å²) in [4.78, 5) is 25.5. The predicted molar refractivity (Wildman–Crippen MR) is 70.9 cm³/mol. The number of hydrogen-bond donors (Lipinski definition) is 2. The van der Waals surface area contributed by atoms with Crippen LogP contribution < -0.4 is 11.1 Å². The van der Waals surface area contributed by atoms with Crippen molar-refractivity contribution in [2.75, 3.05) is 13.1 Å². The largest absolute Gasteiger partial charge is 0.354 e. The van der Waals surface area contributed by atoms with Gasteiger partial charge in [-0.3, -0.25) is 9.59 Å². The van der Waals surface area contributed by atoms with E-state index < -0.39 is 6.04 Å². The number of amides is 2. The van der Waals surface area contributed by atoms with Crippen molar-refractivity contribution < 1.29 is 9.59 Å². The van der Waals surface area contributed by atoms with Gasteiger partial charge in [0.2, 0.25) is 11.8 Å².